The lowest BCUT2D eigenvalue weighted by atomic mass is 10.0. The number of halogens is 3. The van der Waals surface area contributed by atoms with Crippen LogP contribution in [0.5, 0.6) is 0 Å². The van der Waals surface area contributed by atoms with Gasteiger partial charge in [0.25, 0.3) is 0 Å². The molecule has 1 aliphatic carbocycles. The first kappa shape index (κ1) is 20.8. The van der Waals surface area contributed by atoms with Crippen LogP contribution < -0.4 is 4.90 Å². The summed E-state index contributed by atoms with van der Waals surface area (Å²) < 4.78 is 13.0. The minimum absolute atomic E-state index is 0.196. The Hall–Kier alpha value is -1.12. The van der Waals surface area contributed by atoms with Crippen LogP contribution in [0.25, 0.3) is 11.3 Å². The zero-order valence-electron chi connectivity index (χ0n) is 16.1. The fourth-order valence-corrected chi connectivity index (χ4v) is 5.73. The molecule has 0 atom stereocenters. The highest BCUT2D eigenvalue weighted by atomic mass is 79.9. The van der Waals surface area contributed by atoms with Gasteiger partial charge in [0.15, 0.2) is 5.13 Å². The van der Waals surface area contributed by atoms with E-state index >= 15 is 0 Å². The van der Waals surface area contributed by atoms with Crippen LogP contribution in [-0.2, 0) is 11.3 Å². The molecule has 0 unspecified atom stereocenters. The van der Waals surface area contributed by atoms with Gasteiger partial charge in [-0.2, -0.15) is 0 Å². The van der Waals surface area contributed by atoms with Crippen LogP contribution in [0.3, 0.4) is 0 Å². The Morgan fingerprint density at radius 3 is 2.53 bits per heavy atom. The Bertz CT molecular complexity index is 1020. The van der Waals surface area contributed by atoms with Gasteiger partial charge in [-0.3, -0.25) is 0 Å². The second-order valence-corrected chi connectivity index (χ2v) is 10.2. The lowest BCUT2D eigenvalue weighted by Gasteiger charge is -2.31. The van der Waals surface area contributed by atoms with Crippen molar-refractivity contribution in [2.24, 2.45) is 0 Å². The number of benzene rings is 1. The molecule has 1 saturated carbocycles. The lowest BCUT2D eigenvalue weighted by molar-refractivity contribution is 0.0246. The monoisotopic (exact) mass is 527 g/mol. The first-order valence-corrected chi connectivity index (χ1v) is 12.4. The predicted octanol–water partition coefficient (Wildman–Crippen LogP) is 6.93. The molecule has 1 aromatic carbocycles. The van der Waals surface area contributed by atoms with E-state index in [2.05, 4.69) is 31.0 Å². The van der Waals surface area contributed by atoms with Gasteiger partial charge in [0, 0.05) is 35.5 Å². The molecule has 2 aliphatic rings. The van der Waals surface area contributed by atoms with Crippen molar-refractivity contribution in [1.82, 2.24) is 10.1 Å². The van der Waals surface area contributed by atoms with Crippen molar-refractivity contribution in [3.63, 3.8) is 0 Å². The second-order valence-electron chi connectivity index (χ2n) is 7.70. The number of ether oxygens (including phenoxy) is 1. The third-order valence-electron chi connectivity index (χ3n) is 5.61. The number of aromatic nitrogens is 2. The molecule has 30 heavy (non-hydrogen) atoms. The predicted molar refractivity (Wildman–Crippen MR) is 124 cm³/mol. The van der Waals surface area contributed by atoms with Gasteiger partial charge >= 0.3 is 0 Å². The Morgan fingerprint density at radius 2 is 1.90 bits per heavy atom. The number of piperidine rings is 1. The van der Waals surface area contributed by atoms with E-state index < -0.39 is 0 Å². The van der Waals surface area contributed by atoms with Crippen LogP contribution in [-0.4, -0.2) is 29.3 Å². The maximum absolute atomic E-state index is 6.44. The van der Waals surface area contributed by atoms with Crippen LogP contribution in [0.4, 0.5) is 5.13 Å². The van der Waals surface area contributed by atoms with Gasteiger partial charge in [0.2, 0.25) is 0 Å². The summed E-state index contributed by atoms with van der Waals surface area (Å²) in [6.45, 7) is 2.33. The molecule has 158 valence electrons. The summed E-state index contributed by atoms with van der Waals surface area (Å²) in [6, 6.07) is 5.48. The van der Waals surface area contributed by atoms with Gasteiger partial charge in [0.1, 0.15) is 16.1 Å². The Kier molecular flexibility index (Phi) is 6.08. The smallest absolute Gasteiger partial charge is 0.186 e. The minimum Gasteiger partial charge on any atom is -0.373 e. The highest BCUT2D eigenvalue weighted by molar-refractivity contribution is 9.10. The summed E-state index contributed by atoms with van der Waals surface area (Å²) in [6.07, 6.45) is 4.37. The van der Waals surface area contributed by atoms with Gasteiger partial charge < -0.3 is 14.2 Å². The van der Waals surface area contributed by atoms with E-state index in [1.165, 1.54) is 0 Å². The largest absolute Gasteiger partial charge is 0.373 e. The number of nitrogens with zero attached hydrogens (tertiary/aromatic N) is 3. The Morgan fingerprint density at radius 1 is 1.17 bits per heavy atom. The Labute approximate surface area is 197 Å². The van der Waals surface area contributed by atoms with Gasteiger partial charge in [-0.15, -0.1) is 11.3 Å². The van der Waals surface area contributed by atoms with Crippen molar-refractivity contribution < 1.29 is 9.26 Å². The average molecular weight is 529 g/mol. The quantitative estimate of drug-likeness (QED) is 0.347. The molecule has 5 rings (SSSR count). The number of hydrogen-bond donors (Lipinski definition) is 0. The molecule has 5 nitrogen and oxygen atoms in total. The van der Waals surface area contributed by atoms with Crippen molar-refractivity contribution in [3.8, 4) is 11.3 Å². The summed E-state index contributed by atoms with van der Waals surface area (Å²) in [5.74, 6) is 1.35. The first-order valence-electron chi connectivity index (χ1n) is 10.0. The third-order valence-corrected chi connectivity index (χ3v) is 7.85. The molecular weight excluding hydrogens is 509 g/mol. The molecule has 1 saturated heterocycles. The molecule has 0 amide bonds. The normalized spacial score (nSPS) is 17.6. The molecule has 9 heteroatoms. The van der Waals surface area contributed by atoms with Gasteiger partial charge in [-0.25, -0.2) is 4.98 Å². The van der Waals surface area contributed by atoms with Crippen LogP contribution >= 0.6 is 50.5 Å². The molecule has 1 aliphatic heterocycles. The van der Waals surface area contributed by atoms with E-state index in [-0.39, 0.29) is 6.10 Å². The standard InChI is InChI=1S/C21H20BrCl2N3O2S/c22-17-11-30-21(25-17)27-8-6-13(7-9-27)28-10-14-19(26-29-20(14)12-4-5-12)18-15(23)2-1-3-16(18)24/h1-3,11-13H,4-10H2. The zero-order chi connectivity index (χ0) is 20.7. The maximum atomic E-state index is 6.44. The van der Waals surface area contributed by atoms with E-state index in [4.69, 9.17) is 32.5 Å². The van der Waals surface area contributed by atoms with E-state index in [1.807, 2.05) is 23.6 Å². The highest BCUT2D eigenvalue weighted by Gasteiger charge is 2.34. The molecule has 0 bridgehead atoms. The summed E-state index contributed by atoms with van der Waals surface area (Å²) in [7, 11) is 0. The van der Waals surface area contributed by atoms with Crippen molar-refractivity contribution in [2.45, 2.75) is 44.3 Å². The van der Waals surface area contributed by atoms with Crippen LogP contribution in [0, 0.1) is 0 Å². The molecule has 3 aromatic rings. The highest BCUT2D eigenvalue weighted by Crippen LogP contribution is 2.46. The molecule has 2 fully saturated rings. The van der Waals surface area contributed by atoms with Gasteiger partial charge in [-0.1, -0.05) is 34.4 Å². The van der Waals surface area contributed by atoms with E-state index in [1.54, 1.807) is 11.3 Å². The average Bonchev–Trinajstić information content (AvgIpc) is 3.36. The SMILES string of the molecule is Clc1cccc(Cl)c1-c1noc(C2CC2)c1COC1CCN(c2nc(Br)cs2)CC1. The van der Waals surface area contributed by atoms with E-state index in [9.17, 15) is 0 Å². The Balaban J connectivity index is 1.30. The maximum Gasteiger partial charge on any atom is 0.186 e. The minimum atomic E-state index is 0.196. The third kappa shape index (κ3) is 4.28. The zero-order valence-corrected chi connectivity index (χ0v) is 20.0. The van der Waals surface area contributed by atoms with E-state index in [0.29, 0.717) is 28.3 Å². The molecule has 0 N–H and O–H groups in total. The topological polar surface area (TPSA) is 51.4 Å². The fraction of sp³-hybridized carbons (Fsp3) is 0.429. The van der Waals surface area contributed by atoms with E-state index in [0.717, 1.165) is 65.4 Å². The van der Waals surface area contributed by atoms with Crippen LogP contribution in [0.15, 0.2) is 32.7 Å². The van der Waals surface area contributed by atoms with Crippen molar-refractivity contribution in [1.29, 1.82) is 0 Å². The lowest BCUT2D eigenvalue weighted by Crippen LogP contribution is -2.37. The number of rotatable bonds is 6. The second kappa shape index (κ2) is 8.79. The molecule has 0 spiro atoms. The van der Waals surface area contributed by atoms with Gasteiger partial charge in [0.05, 0.1) is 22.8 Å². The summed E-state index contributed by atoms with van der Waals surface area (Å²) in [5, 5.41) is 8.57. The molecule has 3 heterocycles. The summed E-state index contributed by atoms with van der Waals surface area (Å²) in [4.78, 5) is 6.84. The molecular formula is C21H20BrCl2N3O2S. The number of hydrogen-bond acceptors (Lipinski definition) is 6. The van der Waals surface area contributed by atoms with Gasteiger partial charge in [-0.05, 0) is 53.7 Å². The first-order chi connectivity index (χ1) is 14.6. The van der Waals surface area contributed by atoms with Crippen molar-refractivity contribution in [2.75, 3.05) is 18.0 Å². The molecule has 2 aromatic heterocycles. The summed E-state index contributed by atoms with van der Waals surface area (Å²) >= 11 is 18.0. The van der Waals surface area contributed by atoms with Crippen LogP contribution in [0.2, 0.25) is 10.0 Å². The van der Waals surface area contributed by atoms with Crippen LogP contribution in [0.1, 0.15) is 42.9 Å². The summed E-state index contributed by atoms with van der Waals surface area (Å²) in [5.41, 5.74) is 2.41. The number of thiazole rings is 1. The van der Waals surface area contributed by atoms with Crippen molar-refractivity contribution in [3.05, 3.63) is 49.6 Å². The van der Waals surface area contributed by atoms with Crippen molar-refractivity contribution >= 4 is 55.6 Å². The number of anilines is 1. The molecule has 0 radical (unpaired) electrons. The fourth-order valence-electron chi connectivity index (χ4n) is 3.85.